The maximum atomic E-state index is 13.1. The quantitative estimate of drug-likeness (QED) is 0.0899. The first-order chi connectivity index (χ1) is 19.3. The van der Waals surface area contributed by atoms with Crippen LogP contribution in [0.25, 0.3) is 0 Å². The van der Waals surface area contributed by atoms with Crippen molar-refractivity contribution in [1.29, 1.82) is 0 Å². The van der Waals surface area contributed by atoms with Crippen molar-refractivity contribution in [1.82, 2.24) is 0 Å². The highest BCUT2D eigenvalue weighted by molar-refractivity contribution is 14.1. The minimum absolute atomic E-state index is 0.00470. The Hall–Kier alpha value is -1.88. The average molecular weight is 1020 g/mol. The normalized spacial score (nSPS) is 11.0. The summed E-state index contributed by atoms with van der Waals surface area (Å²) in [5, 5.41) is 0. The van der Waals surface area contributed by atoms with Crippen LogP contribution in [0.2, 0.25) is 0 Å². The van der Waals surface area contributed by atoms with E-state index < -0.39 is 28.0 Å². The van der Waals surface area contributed by atoms with Crippen molar-refractivity contribution in [3.63, 3.8) is 0 Å². The summed E-state index contributed by atoms with van der Waals surface area (Å²) in [6.45, 7) is 0. The van der Waals surface area contributed by atoms with E-state index in [0.717, 1.165) is 7.14 Å². The van der Waals surface area contributed by atoms with Gasteiger partial charge in [-0.05, 0) is 163 Å². The van der Waals surface area contributed by atoms with Gasteiger partial charge in [0, 0.05) is 20.3 Å². The molecule has 0 heterocycles. The number of esters is 3. The minimum Gasteiger partial charge on any atom is -0.423 e. The molecule has 4 aromatic carbocycles. The van der Waals surface area contributed by atoms with E-state index in [1.807, 2.05) is 0 Å². The van der Waals surface area contributed by atoms with Crippen molar-refractivity contribution < 1.29 is 41.6 Å². The molecule has 14 heteroatoms. The molecule has 41 heavy (non-hydrogen) atoms. The molecule has 0 fully saturated rings. The lowest BCUT2D eigenvalue weighted by molar-refractivity contribution is 0.0705. The Kier molecular flexibility index (Phi) is 10.6. The lowest BCUT2D eigenvalue weighted by Crippen LogP contribution is -2.14. The highest BCUT2D eigenvalue weighted by Crippen LogP contribution is 2.31. The molecule has 0 aromatic heterocycles. The number of hydrogen-bond donors (Lipinski definition) is 1. The third-order valence-corrected chi connectivity index (χ3v) is 9.96. The molecule has 0 saturated carbocycles. The van der Waals surface area contributed by atoms with Crippen LogP contribution >= 0.6 is 90.4 Å². The van der Waals surface area contributed by atoms with Crippen LogP contribution in [-0.2, 0) is 10.1 Å². The molecule has 0 aliphatic carbocycles. The smallest absolute Gasteiger partial charge is 0.343 e. The number of carbonyl (C=O) groups is 3. The molecule has 0 radical (unpaired) electrons. The summed E-state index contributed by atoms with van der Waals surface area (Å²) in [5.74, 6) is -2.48. The maximum Gasteiger partial charge on any atom is 0.343 e. The topological polar surface area (TPSA) is 133 Å². The molecule has 0 atom stereocenters. The summed E-state index contributed by atoms with van der Waals surface area (Å²) in [6, 6.07) is 19.6. The fraction of sp³-hybridized carbons (Fsp3) is 0. The third kappa shape index (κ3) is 8.58. The van der Waals surface area contributed by atoms with Crippen molar-refractivity contribution in [2.45, 2.75) is 4.90 Å². The molecule has 4 aromatic rings. The Labute approximate surface area is 288 Å². The summed E-state index contributed by atoms with van der Waals surface area (Å²) >= 11 is 7.60. The summed E-state index contributed by atoms with van der Waals surface area (Å²) in [6.07, 6.45) is 0. The van der Waals surface area contributed by atoms with Gasteiger partial charge in [0.15, 0.2) is 0 Å². The number of rotatable bonds is 7. The first-order valence-corrected chi connectivity index (χ1v) is 16.8. The van der Waals surface area contributed by atoms with E-state index in [4.69, 9.17) is 14.2 Å². The van der Waals surface area contributed by atoms with Gasteiger partial charge in [-0.25, -0.2) is 14.4 Å². The third-order valence-electron chi connectivity index (χ3n) is 5.14. The molecule has 1 N–H and O–H groups in total. The van der Waals surface area contributed by atoms with Gasteiger partial charge in [0.2, 0.25) is 0 Å². The predicted octanol–water partition coefficient (Wildman–Crippen LogP) is 7.01. The summed E-state index contributed by atoms with van der Waals surface area (Å²) in [5.41, 5.74) is 0.407. The van der Waals surface area contributed by atoms with E-state index in [0.29, 0.717) is 0 Å². The van der Waals surface area contributed by atoms with Gasteiger partial charge in [-0.1, -0.05) is 0 Å². The highest BCUT2D eigenvalue weighted by atomic mass is 127. The van der Waals surface area contributed by atoms with Crippen molar-refractivity contribution in [2.24, 2.45) is 0 Å². The van der Waals surface area contributed by atoms with Gasteiger partial charge < -0.3 is 14.2 Å². The Bertz CT molecular complexity index is 1670. The minimum atomic E-state index is -4.50. The second-order valence-electron chi connectivity index (χ2n) is 8.07. The number of hydrogen-bond acceptors (Lipinski definition) is 8. The van der Waals surface area contributed by atoms with Crippen molar-refractivity contribution >= 4 is 118 Å². The van der Waals surface area contributed by atoms with Gasteiger partial charge in [-0.15, -0.1) is 0 Å². The van der Waals surface area contributed by atoms with Gasteiger partial charge in [0.05, 0.1) is 16.7 Å². The lowest BCUT2D eigenvalue weighted by Gasteiger charge is -2.12. The van der Waals surface area contributed by atoms with Gasteiger partial charge in [-0.2, -0.15) is 8.42 Å². The largest absolute Gasteiger partial charge is 0.423 e. The van der Waals surface area contributed by atoms with E-state index in [-0.39, 0.29) is 46.0 Å². The number of benzene rings is 4. The molecule has 0 unspecified atom stereocenters. The van der Waals surface area contributed by atoms with E-state index in [1.165, 1.54) is 30.3 Å². The van der Waals surface area contributed by atoms with E-state index >= 15 is 0 Å². The van der Waals surface area contributed by atoms with Gasteiger partial charge >= 0.3 is 17.9 Å². The van der Waals surface area contributed by atoms with Crippen LogP contribution in [-0.4, -0.2) is 30.9 Å². The summed E-state index contributed by atoms with van der Waals surface area (Å²) in [7, 11) is -4.50. The van der Waals surface area contributed by atoms with Crippen LogP contribution in [0.5, 0.6) is 17.2 Å². The van der Waals surface area contributed by atoms with Crippen LogP contribution in [0, 0.1) is 14.3 Å². The highest BCUT2D eigenvalue weighted by Gasteiger charge is 2.22. The molecule has 0 bridgehead atoms. The van der Waals surface area contributed by atoms with Gasteiger partial charge in [0.1, 0.15) is 22.1 Å². The monoisotopic (exact) mass is 1020 g/mol. The Morgan fingerprint density at radius 1 is 0.537 bits per heavy atom. The van der Waals surface area contributed by atoms with Crippen LogP contribution < -0.4 is 14.2 Å². The first kappa shape index (κ1) is 32.0. The van der Waals surface area contributed by atoms with E-state index in [1.54, 1.807) is 93.7 Å². The number of ether oxygens (including phenoxy) is 3. The molecular weight excluding hydrogens is 1010 g/mol. The molecule has 0 amide bonds. The zero-order valence-corrected chi connectivity index (χ0v) is 29.6. The fourth-order valence-electron chi connectivity index (χ4n) is 3.32. The van der Waals surface area contributed by atoms with Crippen LogP contribution in [0.1, 0.15) is 31.1 Å². The van der Waals surface area contributed by atoms with Gasteiger partial charge in [-0.3, -0.25) is 4.55 Å². The van der Waals surface area contributed by atoms with E-state index in [9.17, 15) is 27.4 Å². The SMILES string of the molecule is O=C(Oc1cc(OC(=O)c2ccc(I)cc2)cc(C(=O)Oc2cc(I)c(S(=O)(=O)O)c(I)c2)c1)c1ccc(I)cc1. The average Bonchev–Trinajstić information content (AvgIpc) is 2.88. The molecule has 210 valence electrons. The standard InChI is InChI=1S/C27H14I4O9S/c28-17-5-1-14(2-6-17)25(32)38-19-9-16(10-20(11-19)39-26(33)15-3-7-18(29)8-4-15)27(34)40-21-12-22(30)24(23(31)13-21)41(35,36)37/h1-13H,(H,35,36,37). The second-order valence-corrected chi connectivity index (χ2v) is 14.2. The van der Waals surface area contributed by atoms with Crippen molar-refractivity contribution in [3.8, 4) is 17.2 Å². The molecule has 0 saturated heterocycles. The number of carbonyl (C=O) groups excluding carboxylic acids is 3. The Balaban J connectivity index is 1.66. The maximum absolute atomic E-state index is 13.1. The van der Waals surface area contributed by atoms with Crippen LogP contribution in [0.3, 0.4) is 0 Å². The lowest BCUT2D eigenvalue weighted by atomic mass is 10.2. The first-order valence-electron chi connectivity index (χ1n) is 11.1. The Morgan fingerprint density at radius 3 is 1.24 bits per heavy atom. The molecule has 0 aliphatic rings. The summed E-state index contributed by atoms with van der Waals surface area (Å²) in [4.78, 5) is 38.3. The molecule has 9 nitrogen and oxygen atoms in total. The predicted molar refractivity (Wildman–Crippen MR) is 181 cm³/mol. The zero-order chi connectivity index (χ0) is 29.9. The molecule has 4 rings (SSSR count). The van der Waals surface area contributed by atoms with Crippen LogP contribution in [0.4, 0.5) is 0 Å². The van der Waals surface area contributed by atoms with E-state index in [2.05, 4.69) is 45.2 Å². The van der Waals surface area contributed by atoms with Crippen molar-refractivity contribution in [3.05, 3.63) is 110 Å². The molecule has 0 aliphatic heterocycles. The fourth-order valence-corrected chi connectivity index (χ4v) is 8.03. The number of halogens is 4. The van der Waals surface area contributed by atoms with Crippen molar-refractivity contribution in [2.75, 3.05) is 0 Å². The summed E-state index contributed by atoms with van der Waals surface area (Å²) < 4.78 is 51.3. The van der Waals surface area contributed by atoms with Gasteiger partial charge in [0.25, 0.3) is 10.1 Å². The molecular formula is C27H14I4O9S. The second kappa shape index (κ2) is 13.6. The molecule has 0 spiro atoms. The zero-order valence-electron chi connectivity index (χ0n) is 20.1. The van der Waals surface area contributed by atoms with Crippen LogP contribution in [0.15, 0.2) is 83.8 Å². The Morgan fingerprint density at radius 2 is 0.878 bits per heavy atom.